The summed E-state index contributed by atoms with van der Waals surface area (Å²) in [7, 11) is 0. The van der Waals surface area contributed by atoms with Gasteiger partial charge in [0, 0.05) is 46.5 Å². The third-order valence-corrected chi connectivity index (χ3v) is 6.77. The van der Waals surface area contributed by atoms with Crippen molar-refractivity contribution in [2.24, 2.45) is 5.10 Å². The molecule has 10 nitrogen and oxygen atoms in total. The summed E-state index contributed by atoms with van der Waals surface area (Å²) in [6.45, 7) is 5.77. The van der Waals surface area contributed by atoms with Crippen LogP contribution < -0.4 is 16.3 Å². The molecule has 1 aliphatic rings. The number of benzene rings is 1. The summed E-state index contributed by atoms with van der Waals surface area (Å²) in [5, 5.41) is 5.29. The zero-order chi connectivity index (χ0) is 26.8. The number of aryl methyl sites for hydroxylation is 3. The number of carbonyl (C=O) groups is 3. The lowest BCUT2D eigenvalue weighted by Crippen LogP contribution is -2.41. The monoisotopic (exact) mass is 513 g/mol. The third-order valence-electron chi connectivity index (χ3n) is 6.77. The van der Waals surface area contributed by atoms with Gasteiger partial charge in [0.15, 0.2) is 5.76 Å². The molecule has 1 aromatic carbocycles. The molecule has 0 spiro atoms. The molecular formula is C28H27N5O5. The van der Waals surface area contributed by atoms with Crippen molar-refractivity contribution in [1.82, 2.24) is 21.3 Å². The minimum absolute atomic E-state index is 0.0847. The first-order valence-electron chi connectivity index (χ1n) is 12.3. The Morgan fingerprint density at radius 2 is 1.74 bits per heavy atom. The van der Waals surface area contributed by atoms with Crippen molar-refractivity contribution in [3.05, 3.63) is 87.8 Å². The molecule has 0 bridgehead atoms. The van der Waals surface area contributed by atoms with E-state index in [0.717, 1.165) is 34.1 Å². The van der Waals surface area contributed by atoms with Gasteiger partial charge in [-0.3, -0.25) is 30.2 Å². The van der Waals surface area contributed by atoms with Gasteiger partial charge in [-0.05, 0) is 56.9 Å². The van der Waals surface area contributed by atoms with Crippen LogP contribution in [-0.4, -0.2) is 28.4 Å². The number of hydrogen-bond acceptors (Lipinski definition) is 7. The fourth-order valence-electron chi connectivity index (χ4n) is 4.61. The maximum Gasteiger partial charge on any atom is 0.305 e. The number of hydrogen-bond donors (Lipinski definition) is 3. The van der Waals surface area contributed by atoms with E-state index in [1.807, 2.05) is 26.0 Å². The lowest BCUT2D eigenvalue weighted by atomic mass is 9.93. The highest BCUT2D eigenvalue weighted by atomic mass is 16.4. The minimum Gasteiger partial charge on any atom is -0.464 e. The average Bonchev–Trinajstić information content (AvgIpc) is 3.49. The highest BCUT2D eigenvalue weighted by molar-refractivity contribution is 6.07. The molecule has 0 radical (unpaired) electrons. The molecule has 0 saturated carbocycles. The van der Waals surface area contributed by atoms with E-state index in [-0.39, 0.29) is 18.1 Å². The largest absolute Gasteiger partial charge is 0.464 e. The van der Waals surface area contributed by atoms with Crippen LogP contribution in [0.15, 0.2) is 56.9 Å². The van der Waals surface area contributed by atoms with Gasteiger partial charge in [-0.1, -0.05) is 12.1 Å². The first-order chi connectivity index (χ1) is 18.3. The number of aromatic nitrogens is 1. The summed E-state index contributed by atoms with van der Waals surface area (Å²) >= 11 is 0. The van der Waals surface area contributed by atoms with Crippen LogP contribution in [-0.2, 0) is 17.6 Å². The van der Waals surface area contributed by atoms with Crippen LogP contribution in [0, 0.1) is 20.8 Å². The van der Waals surface area contributed by atoms with E-state index in [4.69, 9.17) is 8.83 Å². The lowest BCUT2D eigenvalue weighted by molar-refractivity contribution is -0.120. The summed E-state index contributed by atoms with van der Waals surface area (Å²) in [5.41, 5.74) is 13.5. The number of amides is 3. The fraction of sp³-hybridized carbons (Fsp3) is 0.250. The molecule has 0 fully saturated rings. The molecule has 38 heavy (non-hydrogen) atoms. The van der Waals surface area contributed by atoms with Crippen LogP contribution in [0.25, 0.3) is 11.0 Å². The molecule has 3 heterocycles. The summed E-state index contributed by atoms with van der Waals surface area (Å²) in [6.07, 6.45) is 6.73. The maximum absolute atomic E-state index is 12.8. The third kappa shape index (κ3) is 4.80. The quantitative estimate of drug-likeness (QED) is 0.347. The molecule has 0 saturated heterocycles. The number of furan rings is 2. The predicted octanol–water partition coefficient (Wildman–Crippen LogP) is 3.82. The molecule has 10 heteroatoms. The van der Waals surface area contributed by atoms with Crippen molar-refractivity contribution >= 4 is 34.4 Å². The molecule has 194 valence electrons. The Balaban J connectivity index is 1.28. The van der Waals surface area contributed by atoms with Gasteiger partial charge < -0.3 is 8.83 Å². The predicted molar refractivity (Wildman–Crippen MR) is 140 cm³/mol. The Hall–Kier alpha value is -4.73. The number of fused-ring (bicyclic) bond motifs is 2. The van der Waals surface area contributed by atoms with Crippen LogP contribution in [0.4, 0.5) is 0 Å². The number of hydrazine groups is 1. The van der Waals surface area contributed by atoms with Crippen LogP contribution >= 0.6 is 0 Å². The Bertz CT molecular complexity index is 1580. The number of hydrazone groups is 1. The van der Waals surface area contributed by atoms with Gasteiger partial charge in [0.05, 0.1) is 18.4 Å². The highest BCUT2D eigenvalue weighted by Crippen LogP contribution is 2.30. The van der Waals surface area contributed by atoms with Crippen LogP contribution in [0.3, 0.4) is 0 Å². The maximum atomic E-state index is 12.8. The van der Waals surface area contributed by atoms with Gasteiger partial charge in [-0.2, -0.15) is 5.10 Å². The fourth-order valence-corrected chi connectivity index (χ4v) is 4.61. The number of nitrogens with zero attached hydrogens (tertiary/aromatic N) is 2. The van der Waals surface area contributed by atoms with Crippen LogP contribution in [0.1, 0.15) is 67.3 Å². The standard InChI is InChI=1S/C28H27N5O5/c1-15-7-8-20-19(14-37-25(20)16(15)2)13-23(34)31-30-21-5-4-6-22-24(21)17(3)26(38-22)28(36)33-32-27(35)18-9-11-29-12-10-18/h7-12,14H,4-6,13H2,1-3H3,(H,31,34)(H,32,35)(H,33,36)/b30-21+. The van der Waals surface area contributed by atoms with Crippen molar-refractivity contribution in [2.45, 2.75) is 46.5 Å². The summed E-state index contributed by atoms with van der Waals surface area (Å²) in [5.74, 6) is -0.626. The van der Waals surface area contributed by atoms with E-state index in [9.17, 15) is 14.4 Å². The van der Waals surface area contributed by atoms with Crippen molar-refractivity contribution in [3.63, 3.8) is 0 Å². The van der Waals surface area contributed by atoms with Crippen LogP contribution in [0.2, 0.25) is 0 Å². The molecule has 0 aliphatic heterocycles. The smallest absolute Gasteiger partial charge is 0.305 e. The van der Waals surface area contributed by atoms with E-state index in [1.165, 1.54) is 24.5 Å². The van der Waals surface area contributed by atoms with Gasteiger partial charge >= 0.3 is 5.91 Å². The minimum atomic E-state index is -0.583. The number of pyridine rings is 1. The van der Waals surface area contributed by atoms with Crippen molar-refractivity contribution in [1.29, 1.82) is 0 Å². The highest BCUT2D eigenvalue weighted by Gasteiger charge is 2.28. The van der Waals surface area contributed by atoms with Gasteiger partial charge in [0.2, 0.25) is 5.91 Å². The first kappa shape index (κ1) is 24.9. The van der Waals surface area contributed by atoms with Crippen LogP contribution in [0.5, 0.6) is 0 Å². The van der Waals surface area contributed by atoms with Crippen molar-refractivity contribution in [3.8, 4) is 0 Å². The van der Waals surface area contributed by atoms with Crippen molar-refractivity contribution < 1.29 is 23.2 Å². The zero-order valence-electron chi connectivity index (χ0n) is 21.3. The topological polar surface area (TPSA) is 139 Å². The number of nitrogens with one attached hydrogen (secondary N) is 3. The summed E-state index contributed by atoms with van der Waals surface area (Å²) in [6, 6.07) is 7.04. The zero-order valence-corrected chi connectivity index (χ0v) is 21.3. The summed E-state index contributed by atoms with van der Waals surface area (Å²) < 4.78 is 11.6. The molecule has 4 aromatic rings. The SMILES string of the molecule is Cc1ccc2c(CC(=O)N/N=C3\CCCc4oc(C(=O)NNC(=O)c5ccncc5)c(C)c43)coc2c1C. The summed E-state index contributed by atoms with van der Waals surface area (Å²) in [4.78, 5) is 41.6. The molecule has 1 aliphatic carbocycles. The van der Waals surface area contributed by atoms with Crippen molar-refractivity contribution in [2.75, 3.05) is 0 Å². The van der Waals surface area contributed by atoms with E-state index < -0.39 is 11.8 Å². The van der Waals surface area contributed by atoms with E-state index in [2.05, 4.69) is 26.4 Å². The van der Waals surface area contributed by atoms with Gasteiger partial charge in [0.25, 0.3) is 5.91 Å². The Labute approximate surface area is 218 Å². The molecule has 3 aromatic heterocycles. The second-order valence-electron chi connectivity index (χ2n) is 9.27. The lowest BCUT2D eigenvalue weighted by Gasteiger charge is -2.13. The molecule has 5 rings (SSSR count). The average molecular weight is 514 g/mol. The second-order valence-corrected chi connectivity index (χ2v) is 9.27. The van der Waals surface area contributed by atoms with E-state index in [0.29, 0.717) is 41.0 Å². The van der Waals surface area contributed by atoms with E-state index in [1.54, 1.807) is 13.2 Å². The van der Waals surface area contributed by atoms with Gasteiger partial charge in [-0.15, -0.1) is 0 Å². The molecule has 3 N–H and O–H groups in total. The molecule has 0 unspecified atom stereocenters. The van der Waals surface area contributed by atoms with E-state index >= 15 is 0 Å². The molecule has 0 atom stereocenters. The van der Waals surface area contributed by atoms with Gasteiger partial charge in [0.1, 0.15) is 11.3 Å². The Kier molecular flexibility index (Phi) is 6.78. The molecule has 3 amide bonds. The normalized spacial score (nSPS) is 13.8. The molecular weight excluding hydrogens is 486 g/mol. The first-order valence-corrected chi connectivity index (χ1v) is 12.3. The Morgan fingerprint density at radius 1 is 0.974 bits per heavy atom. The second kappa shape index (κ2) is 10.3. The van der Waals surface area contributed by atoms with Gasteiger partial charge in [-0.25, -0.2) is 5.43 Å². The number of carbonyl (C=O) groups excluding carboxylic acids is 3. The number of rotatable bonds is 5. The Morgan fingerprint density at radius 3 is 2.53 bits per heavy atom.